The van der Waals surface area contributed by atoms with E-state index in [-0.39, 0.29) is 16.0 Å². The Labute approximate surface area is 117 Å². The Bertz CT molecular complexity index is 458. The number of hydrogen-bond acceptors (Lipinski definition) is 4. The molecule has 0 saturated carbocycles. The Kier molecular flexibility index (Phi) is 5.14. The number of anilines is 1. The Balaban J connectivity index is 2.61. The maximum atomic E-state index is 10.7. The first-order valence-corrected chi connectivity index (χ1v) is 6.37. The van der Waals surface area contributed by atoms with E-state index < -0.39 is 12.1 Å². The molecule has 0 saturated heterocycles. The number of nitrogens with zero attached hydrogens (tertiary/aromatic N) is 1. The molecule has 0 aromatic carbocycles. The average molecular weight is 287 g/mol. The molecule has 1 aromatic heterocycles. The fourth-order valence-electron chi connectivity index (χ4n) is 1.68. The molecule has 1 unspecified atom stereocenters. The van der Waals surface area contributed by atoms with Gasteiger partial charge in [0.15, 0.2) is 0 Å². The molecule has 0 radical (unpaired) electrons. The van der Waals surface area contributed by atoms with E-state index >= 15 is 0 Å². The number of aromatic nitrogens is 1. The Morgan fingerprint density at radius 3 is 2.63 bits per heavy atom. The summed E-state index contributed by atoms with van der Waals surface area (Å²) in [6, 6.07) is 1.33. The lowest BCUT2D eigenvalue weighted by Gasteiger charge is -2.22. The van der Waals surface area contributed by atoms with Gasteiger partial charge in [-0.1, -0.05) is 32.4 Å². The van der Waals surface area contributed by atoms with Crippen LogP contribution in [0.15, 0.2) is 12.3 Å². The molecule has 1 heterocycles. The molecule has 6 heteroatoms. The number of carboxylic acids is 1. The van der Waals surface area contributed by atoms with Crippen molar-refractivity contribution in [1.82, 2.24) is 4.98 Å². The zero-order valence-corrected chi connectivity index (χ0v) is 12.0. The van der Waals surface area contributed by atoms with E-state index in [4.69, 9.17) is 16.7 Å². The highest BCUT2D eigenvalue weighted by Crippen LogP contribution is 2.23. The molecule has 0 aliphatic heterocycles. The minimum atomic E-state index is -1.08. The van der Waals surface area contributed by atoms with E-state index in [9.17, 15) is 9.90 Å². The van der Waals surface area contributed by atoms with Crippen molar-refractivity contribution in [2.45, 2.75) is 33.3 Å². The molecule has 1 atom stereocenters. The number of aromatic carboxylic acids is 1. The van der Waals surface area contributed by atoms with Gasteiger partial charge in [0, 0.05) is 12.7 Å². The molecule has 0 fully saturated rings. The minimum absolute atomic E-state index is 0.0331. The summed E-state index contributed by atoms with van der Waals surface area (Å²) in [5, 5.41) is 21.8. The number of aliphatic hydroxyl groups excluding tert-OH is 1. The zero-order chi connectivity index (χ0) is 14.6. The van der Waals surface area contributed by atoms with Crippen molar-refractivity contribution in [1.29, 1.82) is 0 Å². The maximum Gasteiger partial charge on any atom is 0.337 e. The van der Waals surface area contributed by atoms with E-state index in [1.165, 1.54) is 12.3 Å². The summed E-state index contributed by atoms with van der Waals surface area (Å²) < 4.78 is 0. The summed E-state index contributed by atoms with van der Waals surface area (Å²) in [5.74, 6) is -0.701. The number of pyridine rings is 1. The van der Waals surface area contributed by atoms with Gasteiger partial charge in [0.1, 0.15) is 5.82 Å². The van der Waals surface area contributed by atoms with Crippen LogP contribution in [0, 0.1) is 5.41 Å². The van der Waals surface area contributed by atoms with Crippen LogP contribution in [-0.2, 0) is 0 Å². The highest BCUT2D eigenvalue weighted by molar-refractivity contribution is 6.33. The molecule has 1 rings (SSSR count). The van der Waals surface area contributed by atoms with Crippen molar-refractivity contribution in [3.05, 3.63) is 22.8 Å². The maximum absolute atomic E-state index is 10.7. The first-order valence-electron chi connectivity index (χ1n) is 6.00. The van der Waals surface area contributed by atoms with Crippen molar-refractivity contribution in [2.75, 3.05) is 11.9 Å². The summed E-state index contributed by atoms with van der Waals surface area (Å²) in [7, 11) is 0. The molecule has 19 heavy (non-hydrogen) atoms. The third-order valence-corrected chi connectivity index (χ3v) is 2.73. The van der Waals surface area contributed by atoms with Gasteiger partial charge in [0.05, 0.1) is 16.7 Å². The molecular formula is C13H19ClN2O3. The number of nitrogens with one attached hydrogen (secondary N) is 1. The van der Waals surface area contributed by atoms with Crippen LogP contribution < -0.4 is 5.32 Å². The van der Waals surface area contributed by atoms with Gasteiger partial charge < -0.3 is 15.5 Å². The summed E-state index contributed by atoms with van der Waals surface area (Å²) in [6.07, 6.45) is 1.36. The summed E-state index contributed by atoms with van der Waals surface area (Å²) >= 11 is 5.92. The van der Waals surface area contributed by atoms with E-state index in [0.717, 1.165) is 0 Å². The molecule has 3 N–H and O–H groups in total. The molecule has 0 spiro atoms. The average Bonchev–Trinajstić information content (AvgIpc) is 2.24. The van der Waals surface area contributed by atoms with Crippen molar-refractivity contribution < 1.29 is 15.0 Å². The van der Waals surface area contributed by atoms with Gasteiger partial charge in [-0.05, 0) is 17.9 Å². The lowest BCUT2D eigenvalue weighted by Crippen LogP contribution is -2.25. The molecule has 5 nitrogen and oxygen atoms in total. The molecule has 0 bridgehead atoms. The predicted molar refractivity (Wildman–Crippen MR) is 74.8 cm³/mol. The fraction of sp³-hybridized carbons (Fsp3) is 0.538. The number of carboxylic acid groups (broad SMARTS) is 1. The molecular weight excluding hydrogens is 268 g/mol. The summed E-state index contributed by atoms with van der Waals surface area (Å²) in [6.45, 7) is 6.45. The van der Waals surface area contributed by atoms with E-state index in [1.54, 1.807) is 0 Å². The minimum Gasteiger partial charge on any atom is -0.478 e. The van der Waals surface area contributed by atoms with Gasteiger partial charge in [-0.2, -0.15) is 0 Å². The van der Waals surface area contributed by atoms with Gasteiger partial charge in [0.25, 0.3) is 0 Å². The molecule has 1 aromatic rings. The standard InChI is InChI=1S/C13H19ClN2O3/c1-13(2,3)5-9(17)7-16-11-10(14)4-8(6-15-11)12(18)19/h4,6,9,17H,5,7H2,1-3H3,(H,15,16)(H,18,19). The number of hydrogen-bond donors (Lipinski definition) is 3. The SMILES string of the molecule is CC(C)(C)CC(O)CNc1ncc(C(=O)O)cc1Cl. The molecule has 0 amide bonds. The number of aliphatic hydroxyl groups is 1. The highest BCUT2D eigenvalue weighted by Gasteiger charge is 2.17. The third kappa shape index (κ3) is 5.44. The van der Waals surface area contributed by atoms with Gasteiger partial charge in [-0.15, -0.1) is 0 Å². The second-order valence-electron chi connectivity index (χ2n) is 5.66. The van der Waals surface area contributed by atoms with Crippen LogP contribution in [-0.4, -0.2) is 33.8 Å². The van der Waals surface area contributed by atoms with Gasteiger partial charge >= 0.3 is 5.97 Å². The first-order chi connectivity index (χ1) is 8.69. The molecule has 0 aliphatic rings. The topological polar surface area (TPSA) is 82.5 Å². The predicted octanol–water partition coefficient (Wildman–Crippen LogP) is 2.64. The van der Waals surface area contributed by atoms with Crippen molar-refractivity contribution in [3.63, 3.8) is 0 Å². The van der Waals surface area contributed by atoms with Crippen molar-refractivity contribution in [2.24, 2.45) is 5.41 Å². The van der Waals surface area contributed by atoms with Crippen molar-refractivity contribution in [3.8, 4) is 0 Å². The van der Waals surface area contributed by atoms with Crippen LogP contribution in [0.25, 0.3) is 0 Å². The Morgan fingerprint density at radius 1 is 1.53 bits per heavy atom. The highest BCUT2D eigenvalue weighted by atomic mass is 35.5. The van der Waals surface area contributed by atoms with Crippen LogP contribution in [0.3, 0.4) is 0 Å². The number of halogens is 1. The fourth-order valence-corrected chi connectivity index (χ4v) is 1.91. The monoisotopic (exact) mass is 286 g/mol. The van der Waals surface area contributed by atoms with Crippen LogP contribution in [0.1, 0.15) is 37.6 Å². The second kappa shape index (κ2) is 6.21. The summed E-state index contributed by atoms with van der Waals surface area (Å²) in [4.78, 5) is 14.7. The van der Waals surface area contributed by atoms with Crippen LogP contribution in [0.2, 0.25) is 5.02 Å². The Morgan fingerprint density at radius 2 is 2.16 bits per heavy atom. The number of carbonyl (C=O) groups is 1. The van der Waals surface area contributed by atoms with Gasteiger partial charge in [0.2, 0.25) is 0 Å². The lowest BCUT2D eigenvalue weighted by atomic mass is 9.89. The lowest BCUT2D eigenvalue weighted by molar-refractivity contribution is 0.0696. The van der Waals surface area contributed by atoms with Crippen molar-refractivity contribution >= 4 is 23.4 Å². The van der Waals surface area contributed by atoms with Gasteiger partial charge in [-0.25, -0.2) is 9.78 Å². The van der Waals surface area contributed by atoms with E-state index in [2.05, 4.69) is 10.3 Å². The molecule has 0 aliphatic carbocycles. The third-order valence-electron chi connectivity index (χ3n) is 2.44. The quantitative estimate of drug-likeness (QED) is 0.775. The first kappa shape index (κ1) is 15.7. The van der Waals surface area contributed by atoms with E-state index in [0.29, 0.717) is 18.8 Å². The second-order valence-corrected chi connectivity index (χ2v) is 6.07. The normalized spacial score (nSPS) is 13.1. The van der Waals surface area contributed by atoms with Gasteiger partial charge in [-0.3, -0.25) is 0 Å². The molecule has 106 valence electrons. The smallest absolute Gasteiger partial charge is 0.337 e. The van der Waals surface area contributed by atoms with E-state index in [1.807, 2.05) is 20.8 Å². The van der Waals surface area contributed by atoms with Crippen LogP contribution in [0.4, 0.5) is 5.82 Å². The van der Waals surface area contributed by atoms with Crippen LogP contribution >= 0.6 is 11.6 Å². The van der Waals surface area contributed by atoms with Crippen LogP contribution in [0.5, 0.6) is 0 Å². The largest absolute Gasteiger partial charge is 0.478 e. The zero-order valence-electron chi connectivity index (χ0n) is 11.3. The summed E-state index contributed by atoms with van der Waals surface area (Å²) in [5.41, 5.74) is 0.0664. The number of rotatable bonds is 5. The Hall–Kier alpha value is -1.33.